The molecule has 1 aromatic heterocycles. The molecule has 40 heavy (non-hydrogen) atoms. The number of hydrogen-bond acceptors (Lipinski definition) is 8. The monoisotopic (exact) mass is 604 g/mol. The van der Waals surface area contributed by atoms with Gasteiger partial charge in [-0.2, -0.15) is 9.97 Å². The molecule has 2 fully saturated rings. The summed E-state index contributed by atoms with van der Waals surface area (Å²) in [4.78, 5) is 24.8. The zero-order valence-electron chi connectivity index (χ0n) is 22.3. The third-order valence-electron chi connectivity index (χ3n) is 7.55. The lowest BCUT2D eigenvalue weighted by molar-refractivity contribution is -0.383. The number of halogens is 3. The molecule has 212 valence electrons. The first-order valence-corrected chi connectivity index (χ1v) is 14.5. The number of nitrogens with zero attached hydrogens (tertiary/aromatic N) is 5. The van der Waals surface area contributed by atoms with Crippen LogP contribution in [0.3, 0.4) is 0 Å². The van der Waals surface area contributed by atoms with Crippen molar-refractivity contribution in [2.45, 2.75) is 50.9 Å². The van der Waals surface area contributed by atoms with Crippen molar-refractivity contribution >= 4 is 52.1 Å². The van der Waals surface area contributed by atoms with Crippen molar-refractivity contribution in [3.63, 3.8) is 0 Å². The van der Waals surface area contributed by atoms with Gasteiger partial charge in [-0.1, -0.05) is 47.5 Å². The van der Waals surface area contributed by atoms with Gasteiger partial charge in [0.15, 0.2) is 0 Å². The zero-order valence-corrected chi connectivity index (χ0v) is 24.5. The van der Waals surface area contributed by atoms with Gasteiger partial charge in [0.2, 0.25) is 16.9 Å². The minimum Gasteiger partial charge on any atom is -0.376 e. The van der Waals surface area contributed by atoms with Crippen LogP contribution < -0.4 is 10.2 Å². The molecule has 0 bridgehead atoms. The Balaban J connectivity index is 1.46. The Hall–Kier alpha value is -2.69. The molecule has 1 N–H and O–H groups in total. The van der Waals surface area contributed by atoms with Crippen LogP contribution in [0, 0.1) is 10.1 Å². The molecular weight excluding hydrogens is 575 g/mol. The maximum absolute atomic E-state index is 12.3. The van der Waals surface area contributed by atoms with Gasteiger partial charge in [0.05, 0.1) is 17.1 Å². The summed E-state index contributed by atoms with van der Waals surface area (Å²) in [5, 5.41) is 16.7. The molecule has 0 aliphatic carbocycles. The Bertz CT molecular complexity index is 1290. The third-order valence-corrected chi connectivity index (χ3v) is 8.22. The number of nitro groups is 1. The van der Waals surface area contributed by atoms with E-state index in [-0.39, 0.29) is 46.8 Å². The van der Waals surface area contributed by atoms with Crippen LogP contribution in [0.1, 0.15) is 43.9 Å². The fourth-order valence-electron chi connectivity index (χ4n) is 5.60. The number of hydrogen-bond donors (Lipinski definition) is 1. The van der Waals surface area contributed by atoms with Gasteiger partial charge in [-0.25, -0.2) is 0 Å². The van der Waals surface area contributed by atoms with Crippen LogP contribution in [0.5, 0.6) is 0 Å². The van der Waals surface area contributed by atoms with Gasteiger partial charge in [0.1, 0.15) is 0 Å². The molecule has 9 nitrogen and oxygen atoms in total. The van der Waals surface area contributed by atoms with E-state index in [4.69, 9.17) is 39.5 Å². The van der Waals surface area contributed by atoms with E-state index in [9.17, 15) is 10.1 Å². The number of rotatable bonds is 8. The maximum atomic E-state index is 12.3. The standard InChI is InChI=1S/C28H31Cl3N6O3/c1-17-16-36(27-25(37(38)39)26(33-28(31)34-27)32-14-23-4-3-13-40-23)18(2)15-35(17)24(19-5-9-21(29)10-6-19)20-7-11-22(30)12-8-20/h5-12,17-18,23-24H,3-4,13-16H2,1-2H3,(H,32,33,34)/t17-,18+,23-/m1/s1. The summed E-state index contributed by atoms with van der Waals surface area (Å²) in [6.45, 7) is 6.38. The molecular formula is C28H31Cl3N6O3. The lowest BCUT2D eigenvalue weighted by atomic mass is 9.93. The van der Waals surface area contributed by atoms with Crippen LogP contribution in [0.15, 0.2) is 48.5 Å². The number of anilines is 2. The fraction of sp³-hybridized carbons (Fsp3) is 0.429. The minimum absolute atomic E-state index is 0.00389. The summed E-state index contributed by atoms with van der Waals surface area (Å²) < 4.78 is 5.66. The van der Waals surface area contributed by atoms with Crippen LogP contribution in [-0.4, -0.2) is 64.2 Å². The Kier molecular flexibility index (Phi) is 8.97. The summed E-state index contributed by atoms with van der Waals surface area (Å²) >= 11 is 18.7. The highest BCUT2D eigenvalue weighted by molar-refractivity contribution is 6.30. The molecule has 12 heteroatoms. The van der Waals surface area contributed by atoms with E-state index in [1.54, 1.807) is 0 Å². The quantitative estimate of drug-likeness (QED) is 0.174. The highest BCUT2D eigenvalue weighted by Crippen LogP contribution is 2.39. The SMILES string of the molecule is C[C@@H]1CN(c2nc(Cl)nc(NC[C@H]3CCCO3)c2[N+](=O)[O-])[C@@H](C)CN1C(c1ccc(Cl)cc1)c1ccc(Cl)cc1. The van der Waals surface area contributed by atoms with Crippen LogP contribution in [0.2, 0.25) is 15.3 Å². The summed E-state index contributed by atoms with van der Waals surface area (Å²) in [6.07, 6.45) is 1.85. The highest BCUT2D eigenvalue weighted by atomic mass is 35.5. The molecule has 2 aliphatic rings. The Morgan fingerprint density at radius 2 is 1.62 bits per heavy atom. The van der Waals surface area contributed by atoms with Gasteiger partial charge >= 0.3 is 5.69 Å². The summed E-state index contributed by atoms with van der Waals surface area (Å²) in [6, 6.07) is 15.5. The van der Waals surface area contributed by atoms with E-state index in [0.29, 0.717) is 36.3 Å². The van der Waals surface area contributed by atoms with E-state index in [0.717, 1.165) is 24.0 Å². The van der Waals surface area contributed by atoms with Crippen molar-refractivity contribution in [2.24, 2.45) is 0 Å². The number of piperazine rings is 1. The molecule has 2 aliphatic heterocycles. The molecule has 2 saturated heterocycles. The van der Waals surface area contributed by atoms with Gasteiger partial charge in [-0.05, 0) is 73.7 Å². The molecule has 0 amide bonds. The first kappa shape index (κ1) is 28.8. The van der Waals surface area contributed by atoms with Gasteiger partial charge in [-0.15, -0.1) is 0 Å². The van der Waals surface area contributed by atoms with E-state index < -0.39 is 4.92 Å². The summed E-state index contributed by atoms with van der Waals surface area (Å²) in [5.41, 5.74) is 2.01. The van der Waals surface area contributed by atoms with Crippen molar-refractivity contribution in [1.29, 1.82) is 0 Å². The molecule has 0 spiro atoms. The molecule has 0 radical (unpaired) electrons. The molecule has 3 aromatic rings. The van der Waals surface area contributed by atoms with Crippen molar-refractivity contribution in [3.05, 3.63) is 85.1 Å². The van der Waals surface area contributed by atoms with Crippen LogP contribution in [-0.2, 0) is 4.74 Å². The first-order valence-electron chi connectivity index (χ1n) is 13.3. The van der Waals surface area contributed by atoms with E-state index >= 15 is 0 Å². The molecule has 0 unspecified atom stereocenters. The average Bonchev–Trinajstić information content (AvgIpc) is 3.44. The van der Waals surface area contributed by atoms with Gasteiger partial charge < -0.3 is 15.0 Å². The second-order valence-electron chi connectivity index (χ2n) is 10.3. The second-order valence-corrected chi connectivity index (χ2v) is 11.6. The molecule has 2 aromatic carbocycles. The third kappa shape index (κ3) is 6.29. The van der Waals surface area contributed by atoms with Crippen LogP contribution >= 0.6 is 34.8 Å². The second kappa shape index (κ2) is 12.4. The van der Waals surface area contributed by atoms with Crippen LogP contribution in [0.4, 0.5) is 17.3 Å². The lowest BCUT2D eigenvalue weighted by Crippen LogP contribution is -2.57. The molecule has 3 heterocycles. The van der Waals surface area contributed by atoms with Gasteiger partial charge in [0.25, 0.3) is 0 Å². The molecule has 0 saturated carbocycles. The van der Waals surface area contributed by atoms with Crippen molar-refractivity contribution in [2.75, 3.05) is 36.5 Å². The van der Waals surface area contributed by atoms with Crippen LogP contribution in [0.25, 0.3) is 0 Å². The van der Waals surface area contributed by atoms with E-state index in [1.807, 2.05) is 60.4 Å². The Morgan fingerprint density at radius 3 is 2.17 bits per heavy atom. The molecule has 3 atom stereocenters. The van der Waals surface area contributed by atoms with Crippen molar-refractivity contribution < 1.29 is 9.66 Å². The minimum atomic E-state index is -0.433. The van der Waals surface area contributed by atoms with E-state index in [1.165, 1.54) is 0 Å². The van der Waals surface area contributed by atoms with Crippen molar-refractivity contribution in [1.82, 2.24) is 14.9 Å². The normalized spacial score (nSPS) is 21.6. The Labute approximate surface area is 248 Å². The fourth-order valence-corrected chi connectivity index (χ4v) is 6.01. The predicted molar refractivity (Wildman–Crippen MR) is 159 cm³/mol. The number of benzene rings is 2. The summed E-state index contributed by atoms with van der Waals surface area (Å²) in [5.74, 6) is 0.325. The molecule has 5 rings (SSSR count). The lowest BCUT2D eigenvalue weighted by Gasteiger charge is -2.48. The maximum Gasteiger partial charge on any atom is 0.353 e. The number of nitrogens with one attached hydrogen (secondary N) is 1. The first-order chi connectivity index (χ1) is 19.2. The topological polar surface area (TPSA) is 96.7 Å². The largest absolute Gasteiger partial charge is 0.376 e. The highest BCUT2D eigenvalue weighted by Gasteiger charge is 2.39. The van der Waals surface area contributed by atoms with Gasteiger partial charge in [0, 0.05) is 48.4 Å². The average molecular weight is 606 g/mol. The van der Waals surface area contributed by atoms with Crippen molar-refractivity contribution in [3.8, 4) is 0 Å². The summed E-state index contributed by atoms with van der Waals surface area (Å²) in [7, 11) is 0. The predicted octanol–water partition coefficient (Wildman–Crippen LogP) is 6.62. The Morgan fingerprint density at radius 1 is 1.00 bits per heavy atom. The zero-order chi connectivity index (χ0) is 28.4. The number of ether oxygens (including phenoxy) is 1. The van der Waals surface area contributed by atoms with Gasteiger partial charge in [-0.3, -0.25) is 15.0 Å². The smallest absolute Gasteiger partial charge is 0.353 e. The van der Waals surface area contributed by atoms with E-state index in [2.05, 4.69) is 27.1 Å². The number of aromatic nitrogens is 2.